The maximum absolute atomic E-state index is 12.5. The van der Waals surface area contributed by atoms with Gasteiger partial charge in [-0.05, 0) is 95.8 Å². The van der Waals surface area contributed by atoms with Crippen LogP contribution in [0.15, 0.2) is 24.3 Å². The molecule has 4 atom stereocenters. The highest BCUT2D eigenvalue weighted by Crippen LogP contribution is 2.70. The molecular formula is C26H40O4. The number of ether oxygens (including phenoxy) is 2. The van der Waals surface area contributed by atoms with Crippen molar-refractivity contribution >= 4 is 11.9 Å². The Kier molecular flexibility index (Phi) is 6.28. The maximum atomic E-state index is 12.5. The number of carbonyl (C=O) groups is 2. The smallest absolute Gasteiger partial charge is 0.333 e. The minimum Gasteiger partial charge on any atom is -0.459 e. The molecule has 0 aromatic rings. The third-order valence-electron chi connectivity index (χ3n) is 8.38. The highest BCUT2D eigenvalue weighted by atomic mass is 16.6. The van der Waals surface area contributed by atoms with E-state index in [1.807, 2.05) is 0 Å². The van der Waals surface area contributed by atoms with Crippen LogP contribution in [0.3, 0.4) is 0 Å². The zero-order valence-electron chi connectivity index (χ0n) is 19.6. The van der Waals surface area contributed by atoms with Gasteiger partial charge in [-0.25, -0.2) is 9.59 Å². The SMILES string of the molecule is C=C(C)C(=O)OC(CC)CC12CC3CC(C1)CC(C(C)(CC)OC(=O)C(=C)C)(C3)C2. The molecule has 30 heavy (non-hydrogen) atoms. The molecule has 0 aromatic carbocycles. The molecule has 4 heteroatoms. The molecule has 4 saturated carbocycles. The van der Waals surface area contributed by atoms with Gasteiger partial charge < -0.3 is 9.47 Å². The second-order valence-corrected chi connectivity index (χ2v) is 10.9. The fourth-order valence-corrected chi connectivity index (χ4v) is 7.16. The Morgan fingerprint density at radius 2 is 1.60 bits per heavy atom. The summed E-state index contributed by atoms with van der Waals surface area (Å²) in [5.41, 5.74) is 0.620. The van der Waals surface area contributed by atoms with Crippen LogP contribution < -0.4 is 0 Å². The van der Waals surface area contributed by atoms with Crippen LogP contribution in [0.4, 0.5) is 0 Å². The van der Waals surface area contributed by atoms with E-state index in [1.54, 1.807) is 13.8 Å². The normalized spacial score (nSPS) is 34.7. The molecule has 0 N–H and O–H groups in total. The van der Waals surface area contributed by atoms with E-state index in [2.05, 4.69) is 33.9 Å². The van der Waals surface area contributed by atoms with Gasteiger partial charge >= 0.3 is 11.9 Å². The van der Waals surface area contributed by atoms with E-state index in [4.69, 9.17) is 9.47 Å². The first kappa shape index (κ1) is 23.1. The molecule has 4 unspecified atom stereocenters. The largest absolute Gasteiger partial charge is 0.459 e. The molecular weight excluding hydrogens is 376 g/mol. The molecule has 0 spiro atoms. The van der Waals surface area contributed by atoms with Crippen molar-refractivity contribution in [3.8, 4) is 0 Å². The third-order valence-corrected chi connectivity index (χ3v) is 8.38. The fourth-order valence-electron chi connectivity index (χ4n) is 7.16. The van der Waals surface area contributed by atoms with Gasteiger partial charge in [-0.3, -0.25) is 0 Å². The lowest BCUT2D eigenvalue weighted by Gasteiger charge is -2.66. The Hall–Kier alpha value is -1.58. The van der Waals surface area contributed by atoms with E-state index in [0.29, 0.717) is 23.0 Å². The predicted molar refractivity (Wildman–Crippen MR) is 119 cm³/mol. The van der Waals surface area contributed by atoms with Crippen LogP contribution in [0, 0.1) is 22.7 Å². The number of carbonyl (C=O) groups excluding carboxylic acids is 2. The summed E-state index contributed by atoms with van der Waals surface area (Å²) in [6.07, 6.45) is 9.51. The minimum atomic E-state index is -0.484. The van der Waals surface area contributed by atoms with Gasteiger partial charge in [0.1, 0.15) is 11.7 Å². The summed E-state index contributed by atoms with van der Waals surface area (Å²) in [5, 5.41) is 0. The van der Waals surface area contributed by atoms with Crippen LogP contribution in [0.1, 0.15) is 92.4 Å². The van der Waals surface area contributed by atoms with Crippen LogP contribution in [0.25, 0.3) is 0 Å². The first-order valence-corrected chi connectivity index (χ1v) is 11.7. The lowest BCUT2D eigenvalue weighted by atomic mass is 9.40. The first-order valence-electron chi connectivity index (χ1n) is 11.7. The van der Waals surface area contributed by atoms with Gasteiger partial charge in [0.15, 0.2) is 0 Å². The maximum Gasteiger partial charge on any atom is 0.333 e. The average molecular weight is 417 g/mol. The lowest BCUT2D eigenvalue weighted by Crippen LogP contribution is -2.62. The Bertz CT molecular complexity index is 721. The Morgan fingerprint density at radius 3 is 2.07 bits per heavy atom. The van der Waals surface area contributed by atoms with Gasteiger partial charge in [0.05, 0.1) is 0 Å². The van der Waals surface area contributed by atoms with Crippen molar-refractivity contribution in [2.75, 3.05) is 0 Å². The van der Waals surface area contributed by atoms with Gasteiger partial charge in [-0.15, -0.1) is 0 Å². The van der Waals surface area contributed by atoms with Crippen LogP contribution >= 0.6 is 0 Å². The third kappa shape index (κ3) is 4.11. The molecule has 168 valence electrons. The standard InChI is InChI=1S/C26H40O4/c1-8-21(29-22(27)17(3)4)15-25-11-19-10-20(12-25)14-26(13-19,16-25)24(7,9-2)30-23(28)18(5)6/h19-21H,3,5,8-16H2,1-2,4,6-7H3. The van der Waals surface area contributed by atoms with E-state index in [0.717, 1.165) is 38.5 Å². The van der Waals surface area contributed by atoms with E-state index < -0.39 is 5.60 Å². The molecule has 4 fully saturated rings. The van der Waals surface area contributed by atoms with Crippen molar-refractivity contribution in [2.24, 2.45) is 22.7 Å². The number of esters is 2. The van der Waals surface area contributed by atoms with Crippen LogP contribution in [-0.2, 0) is 19.1 Å². The van der Waals surface area contributed by atoms with E-state index in [-0.39, 0.29) is 28.9 Å². The van der Waals surface area contributed by atoms with Gasteiger partial charge in [-0.1, -0.05) is 27.0 Å². The molecule has 0 aliphatic heterocycles. The molecule has 0 radical (unpaired) electrons. The number of hydrogen-bond donors (Lipinski definition) is 0. The summed E-state index contributed by atoms with van der Waals surface area (Å²) in [6, 6.07) is 0. The second kappa shape index (κ2) is 8.16. The highest BCUT2D eigenvalue weighted by molar-refractivity contribution is 5.87. The molecule has 4 bridgehead atoms. The summed E-state index contributed by atoms with van der Waals surface area (Å²) in [5.74, 6) is 0.797. The van der Waals surface area contributed by atoms with Gasteiger partial charge in [0.2, 0.25) is 0 Å². The van der Waals surface area contributed by atoms with Crippen LogP contribution in [-0.4, -0.2) is 23.6 Å². The fraction of sp³-hybridized carbons (Fsp3) is 0.769. The zero-order valence-corrected chi connectivity index (χ0v) is 19.6. The molecule has 0 amide bonds. The highest BCUT2D eigenvalue weighted by Gasteiger charge is 2.64. The Morgan fingerprint density at radius 1 is 1.03 bits per heavy atom. The Labute approximate surface area is 182 Å². The summed E-state index contributed by atoms with van der Waals surface area (Å²) < 4.78 is 12.0. The van der Waals surface area contributed by atoms with E-state index in [1.165, 1.54) is 19.3 Å². The molecule has 4 aliphatic rings. The summed E-state index contributed by atoms with van der Waals surface area (Å²) >= 11 is 0. The molecule has 4 nitrogen and oxygen atoms in total. The quantitative estimate of drug-likeness (QED) is 0.334. The second-order valence-electron chi connectivity index (χ2n) is 10.9. The van der Waals surface area contributed by atoms with Gasteiger partial charge in [0.25, 0.3) is 0 Å². The predicted octanol–water partition coefficient (Wildman–Crippen LogP) is 6.15. The average Bonchev–Trinajstić information content (AvgIpc) is 2.65. The summed E-state index contributed by atoms with van der Waals surface area (Å²) in [4.78, 5) is 24.7. The topological polar surface area (TPSA) is 52.6 Å². The van der Waals surface area contributed by atoms with Crippen molar-refractivity contribution < 1.29 is 19.1 Å². The van der Waals surface area contributed by atoms with Crippen molar-refractivity contribution in [1.29, 1.82) is 0 Å². The molecule has 0 aromatic heterocycles. The van der Waals surface area contributed by atoms with Crippen LogP contribution in [0.2, 0.25) is 0 Å². The van der Waals surface area contributed by atoms with E-state index in [9.17, 15) is 9.59 Å². The van der Waals surface area contributed by atoms with Crippen molar-refractivity contribution in [1.82, 2.24) is 0 Å². The summed E-state index contributed by atoms with van der Waals surface area (Å²) in [7, 11) is 0. The number of rotatable bonds is 9. The van der Waals surface area contributed by atoms with Crippen molar-refractivity contribution in [3.63, 3.8) is 0 Å². The molecule has 0 heterocycles. The van der Waals surface area contributed by atoms with Crippen molar-refractivity contribution in [3.05, 3.63) is 24.3 Å². The summed E-state index contributed by atoms with van der Waals surface area (Å²) in [6.45, 7) is 17.3. The van der Waals surface area contributed by atoms with E-state index >= 15 is 0 Å². The van der Waals surface area contributed by atoms with Crippen molar-refractivity contribution in [2.45, 2.75) is 104 Å². The molecule has 0 saturated heterocycles. The van der Waals surface area contributed by atoms with Gasteiger partial charge in [-0.2, -0.15) is 0 Å². The lowest BCUT2D eigenvalue weighted by molar-refractivity contribution is -0.222. The Balaban J connectivity index is 1.87. The zero-order chi connectivity index (χ0) is 22.3. The monoisotopic (exact) mass is 416 g/mol. The minimum absolute atomic E-state index is 0.00754. The first-order chi connectivity index (χ1) is 14.0. The van der Waals surface area contributed by atoms with Crippen LogP contribution in [0.5, 0.6) is 0 Å². The molecule has 4 rings (SSSR count). The molecule has 4 aliphatic carbocycles. The number of hydrogen-bond acceptors (Lipinski definition) is 4. The van der Waals surface area contributed by atoms with Gasteiger partial charge in [0, 0.05) is 16.6 Å².